The molecule has 1 aliphatic rings. The first-order valence-corrected chi connectivity index (χ1v) is 9.17. The number of phenolic OH excluding ortho intramolecular Hbond substituents is 1. The molecule has 2 aromatic rings. The number of ether oxygens (including phenoxy) is 1. The maximum Gasteiger partial charge on any atom is 0.253 e. The van der Waals surface area contributed by atoms with Crippen molar-refractivity contribution < 1.29 is 19.7 Å². The fourth-order valence-electron chi connectivity index (χ4n) is 3.38. The Morgan fingerprint density at radius 1 is 1.11 bits per heavy atom. The Kier molecular flexibility index (Phi) is 6.32. The second-order valence-electron chi connectivity index (χ2n) is 6.82. The molecule has 1 fully saturated rings. The zero-order chi connectivity index (χ0) is 19.2. The van der Waals surface area contributed by atoms with E-state index in [9.17, 15) is 15.0 Å². The topological polar surface area (TPSA) is 73.2 Å². The molecule has 0 bridgehead atoms. The van der Waals surface area contributed by atoms with Crippen molar-refractivity contribution in [1.29, 1.82) is 0 Å². The first-order valence-electron chi connectivity index (χ1n) is 9.17. The predicted molar refractivity (Wildman–Crippen MR) is 103 cm³/mol. The Morgan fingerprint density at radius 2 is 1.81 bits per heavy atom. The van der Waals surface area contributed by atoms with Gasteiger partial charge in [0.15, 0.2) is 11.5 Å². The van der Waals surface area contributed by atoms with Gasteiger partial charge in [0.1, 0.15) is 0 Å². The summed E-state index contributed by atoms with van der Waals surface area (Å²) in [5, 5.41) is 20.1. The van der Waals surface area contributed by atoms with Crippen LogP contribution in [0.25, 0.3) is 0 Å². The molecule has 2 N–H and O–H groups in total. The third-order valence-electron chi connectivity index (χ3n) is 4.86. The molecule has 1 atom stereocenters. The number of aliphatic hydroxyl groups excluding tert-OH is 1. The number of β-amino-alcohol motifs (C(OH)–C–C–N with tert-alkyl or cyclic N) is 1. The lowest BCUT2D eigenvalue weighted by Gasteiger charge is -2.35. The SMILES string of the molecule is COc1cc(CC(O)CN2CCN(C(=O)c3ccccc3)CC2)ccc1O. The molecule has 0 radical (unpaired) electrons. The maximum absolute atomic E-state index is 12.5. The second-order valence-corrected chi connectivity index (χ2v) is 6.82. The summed E-state index contributed by atoms with van der Waals surface area (Å²) in [5.74, 6) is 0.565. The number of hydrogen-bond donors (Lipinski definition) is 2. The van der Waals surface area contributed by atoms with Crippen LogP contribution < -0.4 is 4.74 Å². The van der Waals surface area contributed by atoms with Gasteiger partial charge in [0.05, 0.1) is 13.2 Å². The zero-order valence-electron chi connectivity index (χ0n) is 15.5. The number of carbonyl (C=O) groups excluding carboxylic acids is 1. The van der Waals surface area contributed by atoms with E-state index in [0.29, 0.717) is 37.4 Å². The highest BCUT2D eigenvalue weighted by atomic mass is 16.5. The fraction of sp³-hybridized carbons (Fsp3) is 0.381. The maximum atomic E-state index is 12.5. The van der Waals surface area contributed by atoms with E-state index in [2.05, 4.69) is 4.90 Å². The summed E-state index contributed by atoms with van der Waals surface area (Å²) in [6.45, 7) is 3.36. The molecule has 0 aromatic heterocycles. The Balaban J connectivity index is 1.48. The molecule has 2 aromatic carbocycles. The molecule has 3 rings (SSSR count). The number of phenols is 1. The van der Waals surface area contributed by atoms with Gasteiger partial charge in [-0.05, 0) is 36.2 Å². The van der Waals surface area contributed by atoms with E-state index in [-0.39, 0.29) is 11.7 Å². The molecule has 0 saturated carbocycles. The first-order chi connectivity index (χ1) is 13.1. The quantitative estimate of drug-likeness (QED) is 0.811. The number of aromatic hydroxyl groups is 1. The molecule has 1 aliphatic heterocycles. The van der Waals surface area contributed by atoms with Crippen LogP contribution in [0, 0.1) is 0 Å². The van der Waals surface area contributed by atoms with Crippen LogP contribution in [-0.4, -0.2) is 71.9 Å². The summed E-state index contributed by atoms with van der Waals surface area (Å²) < 4.78 is 5.11. The lowest BCUT2D eigenvalue weighted by Crippen LogP contribution is -2.50. The number of carbonyl (C=O) groups is 1. The van der Waals surface area contributed by atoms with Gasteiger partial charge in [0.25, 0.3) is 5.91 Å². The number of piperazine rings is 1. The van der Waals surface area contributed by atoms with Gasteiger partial charge in [-0.25, -0.2) is 0 Å². The van der Waals surface area contributed by atoms with Gasteiger partial charge in [0, 0.05) is 38.3 Å². The van der Waals surface area contributed by atoms with Crippen molar-refractivity contribution in [3.63, 3.8) is 0 Å². The van der Waals surface area contributed by atoms with Crippen LogP contribution in [0.2, 0.25) is 0 Å². The van der Waals surface area contributed by atoms with Crippen molar-refractivity contribution in [2.45, 2.75) is 12.5 Å². The smallest absolute Gasteiger partial charge is 0.253 e. The molecule has 27 heavy (non-hydrogen) atoms. The molecular formula is C21H26N2O4. The first kappa shape index (κ1) is 19.2. The number of benzene rings is 2. The number of amides is 1. The monoisotopic (exact) mass is 370 g/mol. The minimum atomic E-state index is -0.518. The number of hydrogen-bond acceptors (Lipinski definition) is 5. The molecule has 0 aliphatic carbocycles. The third-order valence-corrected chi connectivity index (χ3v) is 4.86. The number of rotatable bonds is 6. The largest absolute Gasteiger partial charge is 0.504 e. The van der Waals surface area contributed by atoms with E-state index in [1.54, 1.807) is 18.2 Å². The minimum Gasteiger partial charge on any atom is -0.504 e. The van der Waals surface area contributed by atoms with Crippen LogP contribution in [-0.2, 0) is 6.42 Å². The van der Waals surface area contributed by atoms with Crippen LogP contribution in [0.3, 0.4) is 0 Å². The van der Waals surface area contributed by atoms with Crippen LogP contribution in [0.1, 0.15) is 15.9 Å². The predicted octanol–water partition coefficient (Wildman–Crippen LogP) is 1.76. The van der Waals surface area contributed by atoms with E-state index in [0.717, 1.165) is 18.7 Å². The summed E-state index contributed by atoms with van der Waals surface area (Å²) in [4.78, 5) is 16.5. The summed E-state index contributed by atoms with van der Waals surface area (Å²) in [6, 6.07) is 14.4. The van der Waals surface area contributed by atoms with Crippen molar-refractivity contribution in [1.82, 2.24) is 9.80 Å². The van der Waals surface area contributed by atoms with Gasteiger partial charge in [-0.2, -0.15) is 0 Å². The van der Waals surface area contributed by atoms with Gasteiger partial charge in [-0.15, -0.1) is 0 Å². The van der Waals surface area contributed by atoms with Crippen molar-refractivity contribution in [3.8, 4) is 11.5 Å². The van der Waals surface area contributed by atoms with E-state index in [4.69, 9.17) is 4.74 Å². The Hall–Kier alpha value is -2.57. The van der Waals surface area contributed by atoms with Gasteiger partial charge >= 0.3 is 0 Å². The normalized spacial score (nSPS) is 16.1. The van der Waals surface area contributed by atoms with Crippen LogP contribution in [0.15, 0.2) is 48.5 Å². The molecule has 1 heterocycles. The third kappa shape index (κ3) is 4.99. The molecule has 0 spiro atoms. The molecule has 6 nitrogen and oxygen atoms in total. The fourth-order valence-corrected chi connectivity index (χ4v) is 3.38. The van der Waals surface area contributed by atoms with Crippen molar-refractivity contribution in [2.24, 2.45) is 0 Å². The Bertz CT molecular complexity index is 758. The molecule has 1 unspecified atom stereocenters. The number of nitrogens with zero attached hydrogens (tertiary/aromatic N) is 2. The number of aliphatic hydroxyl groups is 1. The van der Waals surface area contributed by atoms with Gasteiger partial charge in [-0.1, -0.05) is 24.3 Å². The molecule has 144 valence electrons. The van der Waals surface area contributed by atoms with E-state index in [1.807, 2.05) is 35.2 Å². The molecule has 1 saturated heterocycles. The summed E-state index contributed by atoms with van der Waals surface area (Å²) in [5.41, 5.74) is 1.63. The minimum absolute atomic E-state index is 0.0620. The summed E-state index contributed by atoms with van der Waals surface area (Å²) in [6.07, 6.45) is -0.0320. The highest BCUT2D eigenvalue weighted by molar-refractivity contribution is 5.94. The van der Waals surface area contributed by atoms with Crippen molar-refractivity contribution >= 4 is 5.91 Å². The van der Waals surface area contributed by atoms with Gasteiger partial charge in [0.2, 0.25) is 0 Å². The summed E-state index contributed by atoms with van der Waals surface area (Å²) >= 11 is 0. The lowest BCUT2D eigenvalue weighted by atomic mass is 10.1. The van der Waals surface area contributed by atoms with Crippen LogP contribution in [0.4, 0.5) is 0 Å². The standard InChI is InChI=1S/C21H26N2O4/c1-27-20-14-16(7-8-19(20)25)13-18(24)15-22-9-11-23(12-10-22)21(26)17-5-3-2-4-6-17/h2-8,14,18,24-25H,9-13,15H2,1H3. The average Bonchev–Trinajstić information content (AvgIpc) is 2.70. The highest BCUT2D eigenvalue weighted by Gasteiger charge is 2.23. The zero-order valence-corrected chi connectivity index (χ0v) is 15.5. The van der Waals surface area contributed by atoms with Gasteiger partial charge < -0.3 is 19.8 Å². The Morgan fingerprint density at radius 3 is 2.48 bits per heavy atom. The van der Waals surface area contributed by atoms with Crippen molar-refractivity contribution in [3.05, 3.63) is 59.7 Å². The molecule has 1 amide bonds. The second kappa shape index (κ2) is 8.88. The van der Waals surface area contributed by atoms with E-state index in [1.165, 1.54) is 7.11 Å². The number of methoxy groups -OCH3 is 1. The lowest BCUT2D eigenvalue weighted by molar-refractivity contribution is 0.0530. The highest BCUT2D eigenvalue weighted by Crippen LogP contribution is 2.26. The van der Waals surface area contributed by atoms with E-state index >= 15 is 0 Å². The Labute approximate surface area is 159 Å². The van der Waals surface area contributed by atoms with Crippen LogP contribution in [0.5, 0.6) is 11.5 Å². The average molecular weight is 370 g/mol. The van der Waals surface area contributed by atoms with Crippen molar-refractivity contribution in [2.75, 3.05) is 39.8 Å². The van der Waals surface area contributed by atoms with Crippen LogP contribution >= 0.6 is 0 Å². The molecule has 6 heteroatoms. The molecular weight excluding hydrogens is 344 g/mol. The summed E-state index contributed by atoms with van der Waals surface area (Å²) in [7, 11) is 1.51. The van der Waals surface area contributed by atoms with Gasteiger partial charge in [-0.3, -0.25) is 9.69 Å². The van der Waals surface area contributed by atoms with E-state index < -0.39 is 6.10 Å².